The number of H-pyrrole nitrogens is 1. The molecule has 0 spiro atoms. The van der Waals surface area contributed by atoms with Gasteiger partial charge in [-0.2, -0.15) is 0 Å². The standard InChI is InChI=1S/C18H14N4O/c1-11-4-6-12(7-5-11)16-21-15(18(23)22-16)9-13-10-20-17-14(13)3-2-8-19-17/h2-10H,1H3,(H,19,20)(H,21,22,23). The topological polar surface area (TPSA) is 70.1 Å². The highest BCUT2D eigenvalue weighted by molar-refractivity contribution is 6.20. The minimum atomic E-state index is -0.196. The van der Waals surface area contributed by atoms with Crippen LogP contribution in [0.5, 0.6) is 0 Å². The van der Waals surface area contributed by atoms with Gasteiger partial charge in [0.05, 0.1) is 0 Å². The Morgan fingerprint density at radius 1 is 1.13 bits per heavy atom. The summed E-state index contributed by atoms with van der Waals surface area (Å²) < 4.78 is 0. The fourth-order valence-electron chi connectivity index (χ4n) is 2.56. The molecule has 23 heavy (non-hydrogen) atoms. The monoisotopic (exact) mass is 302 g/mol. The van der Waals surface area contributed by atoms with Crippen LogP contribution >= 0.6 is 0 Å². The molecule has 1 aromatic carbocycles. The van der Waals surface area contributed by atoms with E-state index < -0.39 is 0 Å². The third-order valence-electron chi connectivity index (χ3n) is 3.80. The number of aromatic nitrogens is 2. The highest BCUT2D eigenvalue weighted by Gasteiger charge is 2.21. The van der Waals surface area contributed by atoms with E-state index >= 15 is 0 Å². The van der Waals surface area contributed by atoms with Gasteiger partial charge in [0.2, 0.25) is 0 Å². The minimum Gasteiger partial charge on any atom is -0.346 e. The molecule has 0 saturated carbocycles. The number of amidine groups is 1. The van der Waals surface area contributed by atoms with Gasteiger partial charge in [-0.25, -0.2) is 9.98 Å². The zero-order valence-corrected chi connectivity index (χ0v) is 12.5. The molecule has 3 heterocycles. The molecule has 5 nitrogen and oxygen atoms in total. The molecule has 3 aromatic rings. The van der Waals surface area contributed by atoms with Crippen LogP contribution < -0.4 is 5.32 Å². The first kappa shape index (κ1) is 13.5. The van der Waals surface area contributed by atoms with Crippen molar-refractivity contribution in [3.63, 3.8) is 0 Å². The average Bonchev–Trinajstić information content (AvgIpc) is 3.13. The number of pyridine rings is 1. The molecule has 4 rings (SSSR count). The smallest absolute Gasteiger partial charge is 0.275 e. The van der Waals surface area contributed by atoms with E-state index in [9.17, 15) is 4.79 Å². The number of amides is 1. The Labute approximate surface area is 132 Å². The second kappa shape index (κ2) is 5.21. The summed E-state index contributed by atoms with van der Waals surface area (Å²) in [6, 6.07) is 11.7. The van der Waals surface area contributed by atoms with Crippen LogP contribution in [0.2, 0.25) is 0 Å². The zero-order valence-electron chi connectivity index (χ0n) is 12.5. The van der Waals surface area contributed by atoms with Crippen molar-refractivity contribution in [1.82, 2.24) is 15.3 Å². The third-order valence-corrected chi connectivity index (χ3v) is 3.80. The Kier molecular flexibility index (Phi) is 3.05. The van der Waals surface area contributed by atoms with Gasteiger partial charge in [0.15, 0.2) is 0 Å². The molecule has 0 bridgehead atoms. The molecule has 5 heteroatoms. The highest BCUT2D eigenvalue weighted by Crippen LogP contribution is 2.21. The van der Waals surface area contributed by atoms with Crippen LogP contribution in [0.4, 0.5) is 0 Å². The number of aromatic amines is 1. The van der Waals surface area contributed by atoms with Crippen molar-refractivity contribution in [1.29, 1.82) is 0 Å². The molecule has 0 radical (unpaired) electrons. The van der Waals surface area contributed by atoms with Crippen molar-refractivity contribution in [3.8, 4) is 0 Å². The van der Waals surface area contributed by atoms with Crippen LogP contribution in [-0.4, -0.2) is 21.7 Å². The number of aryl methyl sites for hydroxylation is 1. The van der Waals surface area contributed by atoms with Crippen LogP contribution in [0.3, 0.4) is 0 Å². The lowest BCUT2D eigenvalue weighted by molar-refractivity contribution is -0.115. The lowest BCUT2D eigenvalue weighted by Crippen LogP contribution is -2.24. The summed E-state index contributed by atoms with van der Waals surface area (Å²) in [5.74, 6) is 0.387. The lowest BCUT2D eigenvalue weighted by Gasteiger charge is -2.00. The summed E-state index contributed by atoms with van der Waals surface area (Å²) in [5, 5.41) is 3.78. The van der Waals surface area contributed by atoms with Gasteiger partial charge in [-0.3, -0.25) is 4.79 Å². The predicted molar refractivity (Wildman–Crippen MR) is 89.9 cm³/mol. The third kappa shape index (κ3) is 2.42. The van der Waals surface area contributed by atoms with E-state index in [2.05, 4.69) is 20.3 Å². The molecule has 112 valence electrons. The van der Waals surface area contributed by atoms with Gasteiger partial charge in [-0.05, 0) is 25.1 Å². The number of aliphatic imine (C=N–C) groups is 1. The van der Waals surface area contributed by atoms with Gasteiger partial charge in [-0.15, -0.1) is 0 Å². The first-order valence-corrected chi connectivity index (χ1v) is 7.31. The number of carbonyl (C=O) groups excluding carboxylic acids is 1. The molecule has 0 atom stereocenters. The number of hydrogen-bond acceptors (Lipinski definition) is 3. The second-order valence-electron chi connectivity index (χ2n) is 5.45. The summed E-state index contributed by atoms with van der Waals surface area (Å²) in [7, 11) is 0. The molecule has 1 aliphatic heterocycles. The van der Waals surface area contributed by atoms with Gasteiger partial charge in [-0.1, -0.05) is 29.8 Å². The molecule has 2 aromatic heterocycles. The normalized spacial score (nSPS) is 16.0. The first-order chi connectivity index (χ1) is 11.2. The van der Waals surface area contributed by atoms with Crippen molar-refractivity contribution < 1.29 is 4.79 Å². The van der Waals surface area contributed by atoms with Gasteiger partial charge in [0.1, 0.15) is 17.2 Å². The molecule has 0 fully saturated rings. The molecule has 2 N–H and O–H groups in total. The highest BCUT2D eigenvalue weighted by atomic mass is 16.2. The van der Waals surface area contributed by atoms with E-state index in [4.69, 9.17) is 0 Å². The number of nitrogens with one attached hydrogen (secondary N) is 2. The number of rotatable bonds is 2. The van der Waals surface area contributed by atoms with Gasteiger partial charge >= 0.3 is 0 Å². The van der Waals surface area contributed by atoms with E-state index in [-0.39, 0.29) is 5.91 Å². The number of nitrogens with zero attached hydrogens (tertiary/aromatic N) is 2. The summed E-state index contributed by atoms with van der Waals surface area (Å²) in [4.78, 5) is 23.9. The van der Waals surface area contributed by atoms with Crippen LogP contribution in [0, 0.1) is 6.92 Å². The summed E-state index contributed by atoms with van der Waals surface area (Å²) in [6.45, 7) is 2.02. The maximum atomic E-state index is 12.2. The fraction of sp³-hybridized carbons (Fsp3) is 0.0556. The number of fused-ring (bicyclic) bond motifs is 1. The van der Waals surface area contributed by atoms with Crippen molar-refractivity contribution in [3.05, 3.63) is 71.2 Å². The van der Waals surface area contributed by atoms with E-state index in [1.807, 2.05) is 49.5 Å². The minimum absolute atomic E-state index is 0.196. The molecule has 0 saturated heterocycles. The zero-order chi connectivity index (χ0) is 15.8. The lowest BCUT2D eigenvalue weighted by atomic mass is 10.1. The van der Waals surface area contributed by atoms with E-state index in [0.29, 0.717) is 11.5 Å². The number of carbonyl (C=O) groups is 1. The van der Waals surface area contributed by atoms with Crippen molar-refractivity contribution in [2.45, 2.75) is 6.92 Å². The summed E-state index contributed by atoms with van der Waals surface area (Å²) in [5.41, 5.74) is 4.15. The Hall–Kier alpha value is -3.21. The van der Waals surface area contributed by atoms with Crippen LogP contribution in [0.15, 0.2) is 59.5 Å². The second-order valence-corrected chi connectivity index (χ2v) is 5.45. The predicted octanol–water partition coefficient (Wildman–Crippen LogP) is 2.79. The molecule has 0 aliphatic carbocycles. The van der Waals surface area contributed by atoms with Gasteiger partial charge in [0, 0.05) is 28.9 Å². The first-order valence-electron chi connectivity index (χ1n) is 7.31. The quantitative estimate of drug-likeness (QED) is 0.715. The molecule has 1 amide bonds. The SMILES string of the molecule is Cc1ccc(C2=NC(=Cc3c[nH]c4ncccc34)C(=O)N2)cc1. The van der Waals surface area contributed by atoms with Crippen LogP contribution in [0.1, 0.15) is 16.7 Å². The van der Waals surface area contributed by atoms with Gasteiger partial charge in [0.25, 0.3) is 5.91 Å². The van der Waals surface area contributed by atoms with Crippen LogP contribution in [-0.2, 0) is 4.79 Å². The molecule has 0 unspecified atom stereocenters. The number of hydrogen-bond donors (Lipinski definition) is 2. The molecule has 1 aliphatic rings. The Morgan fingerprint density at radius 3 is 2.78 bits per heavy atom. The summed E-state index contributed by atoms with van der Waals surface area (Å²) in [6.07, 6.45) is 5.33. The van der Waals surface area contributed by atoms with Gasteiger partial charge < -0.3 is 10.3 Å². The van der Waals surface area contributed by atoms with E-state index in [1.165, 1.54) is 5.56 Å². The Balaban J connectivity index is 1.73. The van der Waals surface area contributed by atoms with E-state index in [0.717, 1.165) is 22.2 Å². The molecular formula is C18H14N4O. The maximum Gasteiger partial charge on any atom is 0.275 e. The fourth-order valence-corrected chi connectivity index (χ4v) is 2.56. The van der Waals surface area contributed by atoms with E-state index in [1.54, 1.807) is 12.3 Å². The average molecular weight is 302 g/mol. The van der Waals surface area contributed by atoms with Crippen molar-refractivity contribution >= 4 is 28.9 Å². The maximum absolute atomic E-state index is 12.2. The van der Waals surface area contributed by atoms with Crippen molar-refractivity contribution in [2.75, 3.05) is 0 Å². The Bertz CT molecular complexity index is 964. The Morgan fingerprint density at radius 2 is 1.96 bits per heavy atom. The largest absolute Gasteiger partial charge is 0.346 e. The van der Waals surface area contributed by atoms with Crippen molar-refractivity contribution in [2.24, 2.45) is 4.99 Å². The number of benzene rings is 1. The molecular weight excluding hydrogens is 288 g/mol. The van der Waals surface area contributed by atoms with Crippen LogP contribution in [0.25, 0.3) is 17.1 Å². The summed E-state index contributed by atoms with van der Waals surface area (Å²) >= 11 is 0.